The number of ketones is 1. The van der Waals surface area contributed by atoms with E-state index < -0.39 is 0 Å². The Morgan fingerprint density at radius 3 is 2.60 bits per heavy atom. The van der Waals surface area contributed by atoms with Crippen molar-refractivity contribution in [2.24, 2.45) is 17.8 Å². The van der Waals surface area contributed by atoms with Gasteiger partial charge in [-0.1, -0.05) is 19.4 Å². The summed E-state index contributed by atoms with van der Waals surface area (Å²) in [6.45, 7) is 5.90. The summed E-state index contributed by atoms with van der Waals surface area (Å²) in [6.07, 6.45) is 2.02. The van der Waals surface area contributed by atoms with Crippen molar-refractivity contribution in [3.05, 3.63) is 11.6 Å². The van der Waals surface area contributed by atoms with E-state index in [4.69, 9.17) is 4.74 Å². The second-order valence-corrected chi connectivity index (χ2v) is 4.47. The molecule has 1 aliphatic rings. The van der Waals surface area contributed by atoms with Crippen molar-refractivity contribution in [3.63, 3.8) is 0 Å². The lowest BCUT2D eigenvalue weighted by atomic mass is 9.73. The van der Waals surface area contributed by atoms with Gasteiger partial charge in [-0.3, -0.25) is 9.59 Å². The summed E-state index contributed by atoms with van der Waals surface area (Å²) < 4.78 is 4.78. The zero-order valence-corrected chi connectivity index (χ0v) is 9.74. The number of esters is 1. The van der Waals surface area contributed by atoms with Crippen LogP contribution in [0.3, 0.4) is 0 Å². The maximum atomic E-state index is 11.6. The monoisotopic (exact) mass is 210 g/mol. The van der Waals surface area contributed by atoms with Crippen molar-refractivity contribution in [2.75, 3.05) is 7.11 Å². The van der Waals surface area contributed by atoms with E-state index in [-0.39, 0.29) is 23.6 Å². The van der Waals surface area contributed by atoms with Gasteiger partial charge in [0.1, 0.15) is 0 Å². The summed E-state index contributed by atoms with van der Waals surface area (Å²) in [4.78, 5) is 23.0. The standard InChI is InChI=1S/C12H18O3/c1-7(2)10-6-9(13)5-8(3)11(10)12(14)15-4/h5,7,10-11H,6H2,1-4H3/t10-,11-/m0/s1. The Hall–Kier alpha value is -1.12. The topological polar surface area (TPSA) is 43.4 Å². The van der Waals surface area contributed by atoms with Crippen molar-refractivity contribution in [2.45, 2.75) is 27.2 Å². The molecule has 1 aliphatic carbocycles. The van der Waals surface area contributed by atoms with Crippen molar-refractivity contribution in [1.82, 2.24) is 0 Å². The molecule has 0 N–H and O–H groups in total. The lowest BCUT2D eigenvalue weighted by molar-refractivity contribution is -0.147. The number of hydrogen-bond donors (Lipinski definition) is 0. The molecule has 0 aromatic heterocycles. The van der Waals surface area contributed by atoms with Crippen LogP contribution in [0.5, 0.6) is 0 Å². The number of hydrogen-bond acceptors (Lipinski definition) is 3. The van der Waals surface area contributed by atoms with Gasteiger partial charge in [0.25, 0.3) is 0 Å². The third-order valence-corrected chi connectivity index (χ3v) is 3.06. The predicted molar refractivity (Wildman–Crippen MR) is 57.2 cm³/mol. The molecule has 2 atom stereocenters. The van der Waals surface area contributed by atoms with Gasteiger partial charge in [0.05, 0.1) is 13.0 Å². The molecule has 0 aliphatic heterocycles. The maximum Gasteiger partial charge on any atom is 0.313 e. The molecule has 0 aromatic rings. The Bertz CT molecular complexity index is 302. The molecule has 1 rings (SSSR count). The quantitative estimate of drug-likeness (QED) is 0.654. The van der Waals surface area contributed by atoms with E-state index in [1.807, 2.05) is 20.8 Å². The minimum atomic E-state index is -0.243. The minimum absolute atomic E-state index is 0.0787. The SMILES string of the molecule is COC(=O)[C@H]1C(C)=CC(=O)C[C@H]1C(C)C. The number of methoxy groups -OCH3 is 1. The Morgan fingerprint density at radius 1 is 1.53 bits per heavy atom. The molecular formula is C12H18O3. The van der Waals surface area contributed by atoms with Gasteiger partial charge in [0, 0.05) is 6.42 Å². The summed E-state index contributed by atoms with van der Waals surface area (Å²) in [5, 5.41) is 0. The lowest BCUT2D eigenvalue weighted by Gasteiger charge is -2.31. The van der Waals surface area contributed by atoms with E-state index in [2.05, 4.69) is 0 Å². The van der Waals surface area contributed by atoms with Crippen molar-refractivity contribution in [3.8, 4) is 0 Å². The van der Waals surface area contributed by atoms with Crippen LogP contribution in [0.1, 0.15) is 27.2 Å². The van der Waals surface area contributed by atoms with E-state index in [1.54, 1.807) is 6.08 Å². The second kappa shape index (κ2) is 4.60. The molecule has 84 valence electrons. The lowest BCUT2D eigenvalue weighted by Crippen LogP contribution is -2.34. The van der Waals surface area contributed by atoms with Crippen LogP contribution in [-0.4, -0.2) is 18.9 Å². The van der Waals surface area contributed by atoms with Crippen LogP contribution in [0.15, 0.2) is 11.6 Å². The molecule has 3 nitrogen and oxygen atoms in total. The summed E-state index contributed by atoms with van der Waals surface area (Å²) in [5.74, 6) is 0.0330. The molecule has 0 bridgehead atoms. The highest BCUT2D eigenvalue weighted by atomic mass is 16.5. The van der Waals surface area contributed by atoms with Gasteiger partial charge >= 0.3 is 5.97 Å². The van der Waals surface area contributed by atoms with Gasteiger partial charge in [-0.15, -0.1) is 0 Å². The summed E-state index contributed by atoms with van der Waals surface area (Å²) >= 11 is 0. The third-order valence-electron chi connectivity index (χ3n) is 3.06. The normalized spacial score (nSPS) is 26.5. The van der Waals surface area contributed by atoms with Crippen LogP contribution in [0.2, 0.25) is 0 Å². The Morgan fingerprint density at radius 2 is 2.13 bits per heavy atom. The molecule has 3 heteroatoms. The molecule has 15 heavy (non-hydrogen) atoms. The van der Waals surface area contributed by atoms with Crippen molar-refractivity contribution >= 4 is 11.8 Å². The fourth-order valence-corrected chi connectivity index (χ4v) is 2.20. The number of carbonyl (C=O) groups excluding carboxylic acids is 2. The summed E-state index contributed by atoms with van der Waals surface area (Å²) in [7, 11) is 1.39. The molecule has 0 saturated heterocycles. The van der Waals surface area contributed by atoms with Crippen LogP contribution in [0, 0.1) is 17.8 Å². The number of ether oxygens (including phenoxy) is 1. The Balaban J connectivity index is 3.00. The van der Waals surface area contributed by atoms with Gasteiger partial charge in [-0.05, 0) is 24.8 Å². The Kier molecular flexibility index (Phi) is 3.66. The van der Waals surface area contributed by atoms with Gasteiger partial charge in [-0.25, -0.2) is 0 Å². The highest BCUT2D eigenvalue weighted by molar-refractivity contribution is 5.94. The first-order valence-corrected chi connectivity index (χ1v) is 5.26. The zero-order chi connectivity index (χ0) is 11.6. The largest absolute Gasteiger partial charge is 0.469 e. The number of rotatable bonds is 2. The average molecular weight is 210 g/mol. The number of allylic oxidation sites excluding steroid dienone is 1. The molecule has 0 fully saturated rings. The van der Waals surface area contributed by atoms with Crippen LogP contribution in [0.4, 0.5) is 0 Å². The molecule has 0 spiro atoms. The molecule has 0 heterocycles. The van der Waals surface area contributed by atoms with E-state index in [9.17, 15) is 9.59 Å². The smallest absolute Gasteiger partial charge is 0.313 e. The Labute approximate surface area is 90.5 Å². The van der Waals surface area contributed by atoms with Crippen molar-refractivity contribution in [1.29, 1.82) is 0 Å². The molecule has 0 saturated carbocycles. The number of carbonyl (C=O) groups is 2. The second-order valence-electron chi connectivity index (χ2n) is 4.47. The minimum Gasteiger partial charge on any atom is -0.469 e. The van der Waals surface area contributed by atoms with E-state index in [1.165, 1.54) is 7.11 Å². The van der Waals surface area contributed by atoms with Gasteiger partial charge in [0.15, 0.2) is 5.78 Å². The van der Waals surface area contributed by atoms with Gasteiger partial charge in [-0.2, -0.15) is 0 Å². The first-order valence-electron chi connectivity index (χ1n) is 5.26. The summed E-state index contributed by atoms with van der Waals surface area (Å²) in [6, 6.07) is 0. The highest BCUT2D eigenvalue weighted by Crippen LogP contribution is 2.34. The molecular weight excluding hydrogens is 192 g/mol. The molecule has 0 aromatic carbocycles. The van der Waals surface area contributed by atoms with Crippen LogP contribution in [0.25, 0.3) is 0 Å². The first kappa shape index (κ1) is 12.0. The maximum absolute atomic E-state index is 11.6. The molecule has 0 unspecified atom stereocenters. The fraction of sp³-hybridized carbons (Fsp3) is 0.667. The zero-order valence-electron chi connectivity index (χ0n) is 9.74. The fourth-order valence-electron chi connectivity index (χ4n) is 2.20. The van der Waals surface area contributed by atoms with Crippen molar-refractivity contribution < 1.29 is 14.3 Å². The summed E-state index contributed by atoms with van der Waals surface area (Å²) in [5.41, 5.74) is 0.830. The molecule has 0 amide bonds. The predicted octanol–water partition coefficient (Wildman–Crippen LogP) is 1.97. The average Bonchev–Trinajstić information content (AvgIpc) is 2.15. The van der Waals surface area contributed by atoms with Gasteiger partial charge in [0.2, 0.25) is 0 Å². The van der Waals surface area contributed by atoms with Crippen LogP contribution >= 0.6 is 0 Å². The molecule has 0 radical (unpaired) electrons. The third kappa shape index (κ3) is 2.46. The van der Waals surface area contributed by atoms with E-state index in [0.717, 1.165) is 5.57 Å². The van der Waals surface area contributed by atoms with E-state index >= 15 is 0 Å². The van der Waals surface area contributed by atoms with Crippen LogP contribution in [-0.2, 0) is 14.3 Å². The van der Waals surface area contributed by atoms with Crippen LogP contribution < -0.4 is 0 Å². The first-order chi connectivity index (χ1) is 6.97. The van der Waals surface area contributed by atoms with E-state index in [0.29, 0.717) is 12.3 Å². The highest BCUT2D eigenvalue weighted by Gasteiger charge is 2.36. The van der Waals surface area contributed by atoms with Gasteiger partial charge < -0.3 is 4.74 Å².